The van der Waals surface area contributed by atoms with Crippen LogP contribution in [0.25, 0.3) is 5.57 Å². The van der Waals surface area contributed by atoms with E-state index in [1.807, 2.05) is 6.07 Å². The molecule has 0 amide bonds. The van der Waals surface area contributed by atoms with E-state index in [0.717, 1.165) is 0 Å². The summed E-state index contributed by atoms with van der Waals surface area (Å²) in [6, 6.07) is 10.4. The van der Waals surface area contributed by atoms with Crippen molar-refractivity contribution in [3.05, 3.63) is 41.6 Å². The largest absolute Gasteiger partial charge is 0.122 e. The highest BCUT2D eigenvalue weighted by Crippen LogP contribution is 2.19. The predicted octanol–water partition coefficient (Wildman–Crippen LogP) is 4.19. The number of hydrogen-bond acceptors (Lipinski definition) is 0. The third-order valence-corrected chi connectivity index (χ3v) is 3.40. The quantitative estimate of drug-likeness (QED) is 0.534. The molecule has 1 rings (SSSR count). The molecule has 14 heavy (non-hydrogen) atoms. The van der Waals surface area contributed by atoms with Crippen LogP contribution in [-0.2, 0) is 0 Å². The van der Waals surface area contributed by atoms with Crippen LogP contribution in [-0.4, -0.2) is 14.0 Å². The van der Waals surface area contributed by atoms with Crippen molar-refractivity contribution in [3.63, 3.8) is 0 Å². The molecule has 0 N–H and O–H groups in total. The Morgan fingerprint density at radius 2 is 1.79 bits per heavy atom. The van der Waals surface area contributed by atoms with Gasteiger partial charge in [0.2, 0.25) is 0 Å². The zero-order valence-electron chi connectivity index (χ0n) is 9.05. The molecule has 0 bridgehead atoms. The highest BCUT2D eigenvalue weighted by Gasteiger charge is 2.11. The van der Waals surface area contributed by atoms with Crippen LogP contribution >= 0.6 is 11.6 Å². The average Bonchev–Trinajstić information content (AvgIpc) is 2.14. The van der Waals surface area contributed by atoms with Gasteiger partial charge in [-0.1, -0.05) is 55.7 Å². The summed E-state index contributed by atoms with van der Waals surface area (Å²) in [6.45, 7) is 6.97. The Hall–Kier alpha value is -0.533. The molecule has 0 spiro atoms. The average molecular weight is 225 g/mol. The highest BCUT2D eigenvalue weighted by molar-refractivity contribution is 6.81. The normalized spacial score (nSPS) is 13.0. The fourth-order valence-corrected chi connectivity index (χ4v) is 3.05. The van der Waals surface area contributed by atoms with E-state index in [9.17, 15) is 0 Å². The molecule has 0 nitrogen and oxygen atoms in total. The van der Waals surface area contributed by atoms with E-state index in [4.69, 9.17) is 11.6 Å². The summed E-state index contributed by atoms with van der Waals surface area (Å²) in [5.41, 5.74) is 4.89. The van der Waals surface area contributed by atoms with Crippen molar-refractivity contribution in [3.8, 4) is 0 Å². The van der Waals surface area contributed by atoms with Gasteiger partial charge in [0.25, 0.3) is 0 Å². The lowest BCUT2D eigenvalue weighted by molar-refractivity contribution is 1.57. The lowest BCUT2D eigenvalue weighted by atomic mass is 10.1. The Bertz CT molecular complexity index is 309. The summed E-state index contributed by atoms with van der Waals surface area (Å²) in [4.78, 5) is 0. The van der Waals surface area contributed by atoms with Gasteiger partial charge in [-0.3, -0.25) is 0 Å². The molecule has 1 aromatic rings. The molecule has 0 saturated carbocycles. The van der Waals surface area contributed by atoms with Crippen molar-refractivity contribution in [1.29, 1.82) is 0 Å². The van der Waals surface area contributed by atoms with E-state index in [2.05, 4.69) is 49.6 Å². The molecule has 1 aromatic carbocycles. The lowest BCUT2D eigenvalue weighted by Gasteiger charge is -2.13. The van der Waals surface area contributed by atoms with E-state index in [-0.39, 0.29) is 0 Å². The molecule has 0 saturated heterocycles. The number of alkyl halides is 1. The molecule has 0 aliphatic heterocycles. The summed E-state index contributed by atoms with van der Waals surface area (Å²) >= 11 is 5.96. The first kappa shape index (κ1) is 11.5. The van der Waals surface area contributed by atoms with Gasteiger partial charge in [-0.2, -0.15) is 0 Å². The van der Waals surface area contributed by atoms with Gasteiger partial charge in [0.1, 0.15) is 0 Å². The van der Waals surface area contributed by atoms with Gasteiger partial charge in [-0.25, -0.2) is 0 Å². The fraction of sp³-hybridized carbons (Fsp3) is 0.333. The van der Waals surface area contributed by atoms with Crippen molar-refractivity contribution in [1.82, 2.24) is 0 Å². The van der Waals surface area contributed by atoms with Gasteiger partial charge in [-0.15, -0.1) is 11.6 Å². The summed E-state index contributed by atoms with van der Waals surface area (Å²) in [6.07, 6.45) is 0. The van der Waals surface area contributed by atoms with Crippen molar-refractivity contribution in [2.75, 3.05) is 5.88 Å². The lowest BCUT2D eigenvalue weighted by Crippen LogP contribution is -2.17. The van der Waals surface area contributed by atoms with Gasteiger partial charge in [-0.05, 0) is 11.1 Å². The van der Waals surface area contributed by atoms with Crippen molar-refractivity contribution >= 4 is 25.2 Å². The summed E-state index contributed by atoms with van der Waals surface area (Å²) < 4.78 is 0. The maximum atomic E-state index is 5.96. The van der Waals surface area contributed by atoms with Gasteiger partial charge < -0.3 is 0 Å². The van der Waals surface area contributed by atoms with Gasteiger partial charge in [0, 0.05) is 5.88 Å². The first-order valence-corrected chi connectivity index (χ1v) is 8.97. The van der Waals surface area contributed by atoms with Crippen LogP contribution in [0.15, 0.2) is 36.0 Å². The molecule has 0 heterocycles. The van der Waals surface area contributed by atoms with E-state index in [1.165, 1.54) is 11.1 Å². The van der Waals surface area contributed by atoms with Crippen molar-refractivity contribution in [2.45, 2.75) is 19.6 Å². The molecule has 0 unspecified atom stereocenters. The first-order valence-electron chi connectivity index (χ1n) is 4.86. The molecular formula is C12H17ClSi. The zero-order valence-corrected chi connectivity index (χ0v) is 10.8. The number of benzene rings is 1. The topological polar surface area (TPSA) is 0 Å². The molecule has 0 fully saturated rings. The Balaban J connectivity index is 3.00. The minimum atomic E-state index is -1.17. The van der Waals surface area contributed by atoms with Gasteiger partial charge in [0.15, 0.2) is 0 Å². The second-order valence-electron chi connectivity index (χ2n) is 4.54. The number of hydrogen-bond donors (Lipinski definition) is 0. The number of rotatable bonds is 3. The smallest absolute Gasteiger partial charge is 0.0691 e. The summed E-state index contributed by atoms with van der Waals surface area (Å²) in [5, 5.41) is 0. The Kier molecular flexibility index (Phi) is 3.96. The third kappa shape index (κ3) is 3.68. The monoisotopic (exact) mass is 224 g/mol. The van der Waals surface area contributed by atoms with Crippen LogP contribution < -0.4 is 0 Å². The fourth-order valence-electron chi connectivity index (χ4n) is 1.37. The standard InChI is InChI=1S/C12H17ClSi/c1-14(2,3)10-12(9-13)11-7-5-4-6-8-11/h4-8,10H,9H2,1-3H3/b12-10+. The summed E-state index contributed by atoms with van der Waals surface area (Å²) in [5.74, 6) is 0.605. The van der Waals surface area contributed by atoms with Gasteiger partial charge in [0.05, 0.1) is 8.07 Å². The van der Waals surface area contributed by atoms with Crippen LogP contribution in [0.5, 0.6) is 0 Å². The Morgan fingerprint density at radius 3 is 2.21 bits per heavy atom. The molecule has 0 radical (unpaired) electrons. The first-order chi connectivity index (χ1) is 6.53. The number of allylic oxidation sites excluding steroid dienone is 1. The van der Waals surface area contributed by atoms with Crippen LogP contribution in [0.4, 0.5) is 0 Å². The Morgan fingerprint density at radius 1 is 1.21 bits per heavy atom. The predicted molar refractivity (Wildman–Crippen MR) is 68.5 cm³/mol. The van der Waals surface area contributed by atoms with Crippen LogP contribution in [0.1, 0.15) is 5.56 Å². The third-order valence-electron chi connectivity index (χ3n) is 1.90. The van der Waals surface area contributed by atoms with Gasteiger partial charge >= 0.3 is 0 Å². The van der Waals surface area contributed by atoms with E-state index < -0.39 is 8.07 Å². The molecular weight excluding hydrogens is 208 g/mol. The number of halogens is 1. The minimum Gasteiger partial charge on any atom is -0.122 e. The molecule has 0 aliphatic carbocycles. The Labute approximate surface area is 92.6 Å². The van der Waals surface area contributed by atoms with Crippen LogP contribution in [0, 0.1) is 0 Å². The minimum absolute atomic E-state index is 0.605. The molecule has 0 aliphatic rings. The highest BCUT2D eigenvalue weighted by atomic mass is 35.5. The molecule has 0 atom stereocenters. The molecule has 76 valence electrons. The van der Waals surface area contributed by atoms with E-state index in [1.54, 1.807) is 0 Å². The second kappa shape index (κ2) is 4.81. The maximum absolute atomic E-state index is 5.96. The van der Waals surface area contributed by atoms with Crippen LogP contribution in [0.3, 0.4) is 0 Å². The van der Waals surface area contributed by atoms with E-state index >= 15 is 0 Å². The SMILES string of the molecule is C[Si](C)(C)/C=C(\CCl)c1ccccc1. The van der Waals surface area contributed by atoms with Crippen molar-refractivity contribution in [2.24, 2.45) is 0 Å². The second-order valence-corrected chi connectivity index (χ2v) is 9.82. The van der Waals surface area contributed by atoms with E-state index in [0.29, 0.717) is 5.88 Å². The maximum Gasteiger partial charge on any atom is 0.0691 e. The zero-order chi connectivity index (χ0) is 10.6. The summed E-state index contributed by atoms with van der Waals surface area (Å²) in [7, 11) is -1.17. The molecule has 0 aromatic heterocycles. The van der Waals surface area contributed by atoms with Crippen LogP contribution in [0.2, 0.25) is 19.6 Å². The van der Waals surface area contributed by atoms with Crippen molar-refractivity contribution < 1.29 is 0 Å². The molecule has 2 heteroatoms.